The Kier molecular flexibility index (Phi) is 14.5. The van der Waals surface area contributed by atoms with Gasteiger partial charge >= 0.3 is 0 Å². The maximum absolute atomic E-state index is 12.5. The van der Waals surface area contributed by atoms with E-state index in [2.05, 4.69) is 22.0 Å². The number of sulfonamides is 1. The summed E-state index contributed by atoms with van der Waals surface area (Å²) in [5.41, 5.74) is 0. The molecule has 31 heavy (non-hydrogen) atoms. The molecule has 9 nitrogen and oxygen atoms in total. The average molecular weight is 576 g/mol. The zero-order valence-electron chi connectivity index (χ0n) is 19.4. The van der Waals surface area contributed by atoms with Crippen LogP contribution < -0.4 is 5.32 Å². The van der Waals surface area contributed by atoms with E-state index >= 15 is 0 Å². The van der Waals surface area contributed by atoms with Gasteiger partial charge < -0.3 is 19.7 Å². The average Bonchev–Trinajstić information content (AvgIpc) is 2.73. The number of nitrogens with zero attached hydrogens (tertiary/aromatic N) is 4. The molecule has 184 valence electrons. The molecular weight excluding hydrogens is 533 g/mol. The van der Waals surface area contributed by atoms with Gasteiger partial charge in [-0.25, -0.2) is 8.42 Å². The zero-order chi connectivity index (χ0) is 21.8. The van der Waals surface area contributed by atoms with Crippen LogP contribution in [0.3, 0.4) is 0 Å². The van der Waals surface area contributed by atoms with Gasteiger partial charge in [-0.2, -0.15) is 4.31 Å². The summed E-state index contributed by atoms with van der Waals surface area (Å²) in [6, 6.07) is 0. The maximum atomic E-state index is 12.5. The lowest BCUT2D eigenvalue weighted by Crippen LogP contribution is -2.54. The number of aliphatic imine (C=N–C) groups is 1. The van der Waals surface area contributed by atoms with Crippen molar-refractivity contribution in [2.45, 2.75) is 39.7 Å². The number of halogens is 1. The molecule has 0 saturated carbocycles. The minimum absolute atomic E-state index is 0. The van der Waals surface area contributed by atoms with Crippen LogP contribution in [0.5, 0.6) is 0 Å². The van der Waals surface area contributed by atoms with E-state index in [1.807, 2.05) is 13.8 Å². The first-order valence-corrected chi connectivity index (χ1v) is 13.0. The molecule has 0 spiro atoms. The monoisotopic (exact) mass is 575 g/mol. The van der Waals surface area contributed by atoms with Crippen LogP contribution in [0, 0.1) is 0 Å². The van der Waals surface area contributed by atoms with Crippen LogP contribution in [0.15, 0.2) is 4.99 Å². The molecular formula is C20H42IN5O4S. The lowest BCUT2D eigenvalue weighted by Gasteiger charge is -2.36. The SMILES string of the molecule is CCNC(=NCCCCN1CCOCC1)N1CCN(S(=O)(=O)CCOC(C)C)CC1.I. The summed E-state index contributed by atoms with van der Waals surface area (Å²) in [5, 5.41) is 3.35. The van der Waals surface area contributed by atoms with Crippen LogP contribution in [0.25, 0.3) is 0 Å². The summed E-state index contributed by atoms with van der Waals surface area (Å²) in [4.78, 5) is 9.39. The van der Waals surface area contributed by atoms with E-state index in [1.165, 1.54) is 0 Å². The molecule has 2 rings (SSSR count). The third-order valence-electron chi connectivity index (χ3n) is 5.31. The molecule has 1 N–H and O–H groups in total. The molecule has 11 heteroatoms. The standard InChI is InChI=1S/C20H41N5O4S.HI/c1-4-21-20(22-7-5-6-8-23-13-15-28-16-14-23)24-9-11-25(12-10-24)30(26,27)18-17-29-19(2)3;/h19H,4-18H2,1-3H3,(H,21,22);1H. The summed E-state index contributed by atoms with van der Waals surface area (Å²) in [6.07, 6.45) is 2.23. The molecule has 0 aromatic heterocycles. The van der Waals surface area contributed by atoms with E-state index in [9.17, 15) is 8.42 Å². The van der Waals surface area contributed by atoms with Gasteiger partial charge in [-0.1, -0.05) is 0 Å². The van der Waals surface area contributed by atoms with Crippen molar-refractivity contribution >= 4 is 40.0 Å². The second kappa shape index (κ2) is 15.6. The predicted octanol–water partition coefficient (Wildman–Crippen LogP) is 1.05. The van der Waals surface area contributed by atoms with Crippen molar-refractivity contribution < 1.29 is 17.9 Å². The van der Waals surface area contributed by atoms with E-state index in [4.69, 9.17) is 14.5 Å². The summed E-state index contributed by atoms with van der Waals surface area (Å²) in [6.45, 7) is 14.9. The van der Waals surface area contributed by atoms with Crippen LogP contribution >= 0.6 is 24.0 Å². The molecule has 0 aromatic carbocycles. The topological polar surface area (TPSA) is 86.7 Å². The second-order valence-corrected chi connectivity index (χ2v) is 10.1. The van der Waals surface area contributed by atoms with Gasteiger partial charge in [-0.3, -0.25) is 9.89 Å². The normalized spacial score (nSPS) is 19.5. The lowest BCUT2D eigenvalue weighted by molar-refractivity contribution is 0.0373. The number of ether oxygens (including phenoxy) is 2. The number of piperazine rings is 1. The van der Waals surface area contributed by atoms with Crippen molar-refractivity contribution in [3.05, 3.63) is 0 Å². The fourth-order valence-electron chi connectivity index (χ4n) is 3.58. The molecule has 0 radical (unpaired) electrons. The number of unbranched alkanes of at least 4 members (excludes halogenated alkanes) is 1. The van der Waals surface area contributed by atoms with Crippen molar-refractivity contribution in [1.29, 1.82) is 0 Å². The molecule has 2 heterocycles. The van der Waals surface area contributed by atoms with E-state index in [-0.39, 0.29) is 42.4 Å². The first-order chi connectivity index (χ1) is 14.4. The first kappa shape index (κ1) is 28.8. The largest absolute Gasteiger partial charge is 0.379 e. The fourth-order valence-corrected chi connectivity index (χ4v) is 4.86. The van der Waals surface area contributed by atoms with Crippen molar-refractivity contribution in [1.82, 2.24) is 19.4 Å². The van der Waals surface area contributed by atoms with E-state index in [0.717, 1.165) is 64.7 Å². The zero-order valence-corrected chi connectivity index (χ0v) is 22.6. The highest BCUT2D eigenvalue weighted by Crippen LogP contribution is 2.09. The number of hydrogen-bond donors (Lipinski definition) is 1. The Hall–Kier alpha value is -0.210. The van der Waals surface area contributed by atoms with Crippen molar-refractivity contribution in [2.24, 2.45) is 4.99 Å². The van der Waals surface area contributed by atoms with Crippen molar-refractivity contribution in [2.75, 3.05) is 84.5 Å². The highest BCUT2D eigenvalue weighted by Gasteiger charge is 2.28. The molecule has 2 aliphatic rings. The summed E-state index contributed by atoms with van der Waals surface area (Å²) >= 11 is 0. The Bertz CT molecular complexity index is 607. The summed E-state index contributed by atoms with van der Waals surface area (Å²) in [7, 11) is -3.27. The molecule has 0 aliphatic carbocycles. The molecule has 0 unspecified atom stereocenters. The first-order valence-electron chi connectivity index (χ1n) is 11.3. The Morgan fingerprint density at radius 3 is 2.39 bits per heavy atom. The molecule has 0 atom stereocenters. The highest BCUT2D eigenvalue weighted by atomic mass is 127. The minimum Gasteiger partial charge on any atom is -0.379 e. The van der Waals surface area contributed by atoms with Gasteiger partial charge in [0, 0.05) is 52.4 Å². The molecule has 2 aliphatic heterocycles. The van der Waals surface area contributed by atoms with Crippen molar-refractivity contribution in [3.63, 3.8) is 0 Å². The maximum Gasteiger partial charge on any atom is 0.216 e. The minimum atomic E-state index is -3.27. The summed E-state index contributed by atoms with van der Waals surface area (Å²) < 4.78 is 37.4. The number of hydrogen-bond acceptors (Lipinski definition) is 6. The van der Waals surface area contributed by atoms with Gasteiger partial charge in [0.25, 0.3) is 0 Å². The molecule has 0 aromatic rings. The van der Waals surface area contributed by atoms with Gasteiger partial charge in [0.1, 0.15) is 0 Å². The number of guanidine groups is 1. The Labute approximate surface area is 206 Å². The number of morpholine rings is 1. The molecule has 0 bridgehead atoms. The molecule has 2 fully saturated rings. The number of nitrogens with one attached hydrogen (secondary N) is 1. The van der Waals surface area contributed by atoms with Crippen molar-refractivity contribution in [3.8, 4) is 0 Å². The van der Waals surface area contributed by atoms with Gasteiger partial charge in [-0.15, -0.1) is 24.0 Å². The lowest BCUT2D eigenvalue weighted by atomic mass is 10.3. The van der Waals surface area contributed by atoms with E-state index in [0.29, 0.717) is 26.2 Å². The van der Waals surface area contributed by atoms with Crippen LogP contribution in [0.4, 0.5) is 0 Å². The van der Waals surface area contributed by atoms with E-state index < -0.39 is 10.0 Å². The van der Waals surface area contributed by atoms with Gasteiger partial charge in [0.05, 0.1) is 31.7 Å². The van der Waals surface area contributed by atoms with E-state index in [1.54, 1.807) is 4.31 Å². The Balaban J connectivity index is 0.00000480. The van der Waals surface area contributed by atoms with Gasteiger partial charge in [0.15, 0.2) is 5.96 Å². The van der Waals surface area contributed by atoms with Gasteiger partial charge in [-0.05, 0) is 40.2 Å². The van der Waals surface area contributed by atoms with Crippen LogP contribution in [0.2, 0.25) is 0 Å². The second-order valence-electron chi connectivity index (χ2n) is 8.02. The quantitative estimate of drug-likeness (QED) is 0.171. The third kappa shape index (κ3) is 11.0. The fraction of sp³-hybridized carbons (Fsp3) is 0.950. The molecule has 2 saturated heterocycles. The third-order valence-corrected chi connectivity index (χ3v) is 7.14. The van der Waals surface area contributed by atoms with Gasteiger partial charge in [0.2, 0.25) is 10.0 Å². The Morgan fingerprint density at radius 1 is 1.10 bits per heavy atom. The van der Waals surface area contributed by atoms with Crippen LogP contribution in [-0.2, 0) is 19.5 Å². The number of rotatable bonds is 11. The Morgan fingerprint density at radius 2 is 1.77 bits per heavy atom. The molecule has 0 amide bonds. The highest BCUT2D eigenvalue weighted by molar-refractivity contribution is 14.0. The smallest absolute Gasteiger partial charge is 0.216 e. The van der Waals surface area contributed by atoms with Crippen LogP contribution in [0.1, 0.15) is 33.6 Å². The van der Waals surface area contributed by atoms with Crippen LogP contribution in [-0.4, -0.2) is 119 Å². The predicted molar refractivity (Wildman–Crippen MR) is 136 cm³/mol. The summed E-state index contributed by atoms with van der Waals surface area (Å²) in [5.74, 6) is 0.937.